The summed E-state index contributed by atoms with van der Waals surface area (Å²) in [4.78, 5) is 4.21. The number of aromatic nitrogens is 1. The summed E-state index contributed by atoms with van der Waals surface area (Å²) in [6.45, 7) is 1.66. The average molecular weight is 432 g/mol. The molecule has 0 aliphatic carbocycles. The number of alkyl halides is 3. The van der Waals surface area contributed by atoms with Gasteiger partial charge in [-0.15, -0.1) is 10.2 Å². The molecular weight excluding hydrogens is 420 g/mol. The largest absolute Gasteiger partial charge is 0.416 e. The molecule has 152 valence electrons. The minimum atomic E-state index is -4.49. The molecule has 6 nitrogen and oxygen atoms in total. The van der Waals surface area contributed by atoms with Crippen molar-refractivity contribution in [3.63, 3.8) is 0 Å². The molecule has 3 aromatic rings. The standard InChI is InChI=1S/C19H12F4N6S/c1-11-17(29-26-14-7-5-13(20)6-8-14)30-18(25-11)16(10-24)28-27-15-4-2-3-12(9-15)19(21,22)23/h2-9,27H,1H3/b28-16-,29-26?. The second kappa shape index (κ2) is 8.79. The molecule has 0 saturated heterocycles. The van der Waals surface area contributed by atoms with Gasteiger partial charge in [-0.05, 0) is 49.4 Å². The van der Waals surface area contributed by atoms with Crippen LogP contribution in [0, 0.1) is 24.1 Å². The lowest BCUT2D eigenvalue weighted by Gasteiger charge is -2.08. The Labute approximate surface area is 172 Å². The lowest BCUT2D eigenvalue weighted by molar-refractivity contribution is -0.137. The Bertz CT molecular complexity index is 1140. The van der Waals surface area contributed by atoms with Crippen molar-refractivity contribution in [2.45, 2.75) is 13.1 Å². The fraction of sp³-hybridized carbons (Fsp3) is 0.105. The quantitative estimate of drug-likeness (QED) is 0.220. The topological polar surface area (TPSA) is 85.8 Å². The van der Waals surface area contributed by atoms with E-state index < -0.39 is 17.6 Å². The molecule has 1 heterocycles. The monoisotopic (exact) mass is 432 g/mol. The van der Waals surface area contributed by atoms with Crippen molar-refractivity contribution < 1.29 is 17.6 Å². The zero-order valence-corrected chi connectivity index (χ0v) is 16.1. The first-order valence-electron chi connectivity index (χ1n) is 8.32. The van der Waals surface area contributed by atoms with E-state index >= 15 is 0 Å². The second-order valence-electron chi connectivity index (χ2n) is 5.85. The van der Waals surface area contributed by atoms with Crippen molar-refractivity contribution in [3.8, 4) is 6.07 Å². The van der Waals surface area contributed by atoms with Crippen LogP contribution in [0.1, 0.15) is 16.3 Å². The summed E-state index contributed by atoms with van der Waals surface area (Å²) < 4.78 is 51.3. The SMILES string of the molecule is Cc1nc(/C(C#N)=N\Nc2cccc(C(F)(F)F)c2)sc1N=Nc1ccc(F)cc1. The third-order valence-electron chi connectivity index (χ3n) is 3.65. The van der Waals surface area contributed by atoms with Gasteiger partial charge in [0.2, 0.25) is 0 Å². The molecule has 0 unspecified atom stereocenters. The first-order chi connectivity index (χ1) is 14.3. The molecular formula is C19H12F4N6S. The predicted molar refractivity (Wildman–Crippen MR) is 105 cm³/mol. The summed E-state index contributed by atoms with van der Waals surface area (Å²) in [5, 5.41) is 21.9. The number of nitrogens with zero attached hydrogens (tertiary/aromatic N) is 5. The van der Waals surface area contributed by atoms with Gasteiger partial charge in [0.25, 0.3) is 0 Å². The van der Waals surface area contributed by atoms with Crippen molar-refractivity contribution in [1.82, 2.24) is 4.98 Å². The van der Waals surface area contributed by atoms with Crippen LogP contribution in [0.4, 0.5) is 33.9 Å². The highest BCUT2D eigenvalue weighted by atomic mass is 32.1. The highest BCUT2D eigenvalue weighted by Crippen LogP contribution is 2.31. The number of nitriles is 1. The van der Waals surface area contributed by atoms with Crippen molar-refractivity contribution in [2.24, 2.45) is 15.3 Å². The van der Waals surface area contributed by atoms with Gasteiger partial charge in [-0.1, -0.05) is 17.4 Å². The first-order valence-corrected chi connectivity index (χ1v) is 9.14. The van der Waals surface area contributed by atoms with Crippen LogP contribution in [-0.4, -0.2) is 10.7 Å². The number of hydrogen-bond acceptors (Lipinski definition) is 7. The molecule has 0 fully saturated rings. The molecule has 0 aliphatic heterocycles. The molecule has 0 saturated carbocycles. The Kier molecular flexibility index (Phi) is 6.17. The molecule has 0 radical (unpaired) electrons. The number of thiazole rings is 1. The van der Waals surface area contributed by atoms with Gasteiger partial charge in [0.15, 0.2) is 15.7 Å². The van der Waals surface area contributed by atoms with E-state index in [1.54, 1.807) is 6.92 Å². The fourth-order valence-corrected chi connectivity index (χ4v) is 3.03. The molecule has 3 rings (SSSR count). The molecule has 1 aromatic heterocycles. The van der Waals surface area contributed by atoms with Gasteiger partial charge in [0.05, 0.1) is 22.6 Å². The normalized spacial score (nSPS) is 12.2. The summed E-state index contributed by atoms with van der Waals surface area (Å²) in [5.74, 6) is -0.395. The number of anilines is 1. The first kappa shape index (κ1) is 21.1. The number of aryl methyl sites for hydroxylation is 1. The van der Waals surface area contributed by atoms with Gasteiger partial charge in [-0.2, -0.15) is 23.5 Å². The Morgan fingerprint density at radius 2 is 1.87 bits per heavy atom. The predicted octanol–water partition coefficient (Wildman–Crippen LogP) is 6.36. The highest BCUT2D eigenvalue weighted by molar-refractivity contribution is 7.17. The van der Waals surface area contributed by atoms with Crippen LogP contribution in [0.25, 0.3) is 0 Å². The number of hydrazone groups is 1. The van der Waals surface area contributed by atoms with Gasteiger partial charge >= 0.3 is 6.18 Å². The van der Waals surface area contributed by atoms with Crippen LogP contribution >= 0.6 is 11.3 Å². The molecule has 0 spiro atoms. The zero-order valence-electron chi connectivity index (χ0n) is 15.3. The fourth-order valence-electron chi connectivity index (χ4n) is 2.20. The number of rotatable bonds is 5. The van der Waals surface area contributed by atoms with Gasteiger partial charge in [0, 0.05) is 0 Å². The molecule has 30 heavy (non-hydrogen) atoms. The maximum absolute atomic E-state index is 12.9. The maximum atomic E-state index is 12.9. The molecule has 0 bridgehead atoms. The smallest absolute Gasteiger partial charge is 0.277 e. The van der Waals surface area contributed by atoms with E-state index in [9.17, 15) is 22.8 Å². The maximum Gasteiger partial charge on any atom is 0.416 e. The molecule has 0 atom stereocenters. The number of hydrogen-bond donors (Lipinski definition) is 1. The Morgan fingerprint density at radius 1 is 1.13 bits per heavy atom. The van der Waals surface area contributed by atoms with Crippen LogP contribution in [0.15, 0.2) is 63.9 Å². The van der Waals surface area contributed by atoms with E-state index in [1.165, 1.54) is 36.4 Å². The van der Waals surface area contributed by atoms with Crippen LogP contribution in [0.5, 0.6) is 0 Å². The second-order valence-corrected chi connectivity index (χ2v) is 6.83. The summed E-state index contributed by atoms with van der Waals surface area (Å²) in [6.07, 6.45) is -4.49. The third-order valence-corrected chi connectivity index (χ3v) is 4.70. The third kappa shape index (κ3) is 5.24. The van der Waals surface area contributed by atoms with E-state index in [2.05, 4.69) is 25.7 Å². The summed E-state index contributed by atoms with van der Waals surface area (Å²) in [5.41, 5.74) is 2.48. The van der Waals surface area contributed by atoms with E-state index in [-0.39, 0.29) is 16.4 Å². The lowest BCUT2D eigenvalue weighted by atomic mass is 10.2. The van der Waals surface area contributed by atoms with E-state index in [0.29, 0.717) is 16.4 Å². The summed E-state index contributed by atoms with van der Waals surface area (Å²) >= 11 is 1.04. The molecule has 2 aromatic carbocycles. The van der Waals surface area contributed by atoms with Gasteiger partial charge < -0.3 is 0 Å². The number of azo groups is 1. The lowest BCUT2D eigenvalue weighted by Crippen LogP contribution is -2.06. The van der Waals surface area contributed by atoms with Crippen molar-refractivity contribution in [2.75, 3.05) is 5.43 Å². The average Bonchev–Trinajstić information content (AvgIpc) is 3.08. The van der Waals surface area contributed by atoms with Crippen LogP contribution in [-0.2, 0) is 6.18 Å². The van der Waals surface area contributed by atoms with Gasteiger partial charge in [-0.25, -0.2) is 9.37 Å². The highest BCUT2D eigenvalue weighted by Gasteiger charge is 2.30. The van der Waals surface area contributed by atoms with E-state index in [1.807, 2.05) is 6.07 Å². The van der Waals surface area contributed by atoms with Gasteiger partial charge in [-0.3, -0.25) is 5.43 Å². The molecule has 0 aliphatic rings. The molecule has 1 N–H and O–H groups in total. The van der Waals surface area contributed by atoms with Crippen LogP contribution < -0.4 is 5.43 Å². The Hall–Kier alpha value is -3.65. The Balaban J connectivity index is 1.80. The van der Waals surface area contributed by atoms with Crippen LogP contribution in [0.2, 0.25) is 0 Å². The Morgan fingerprint density at radius 3 is 2.53 bits per heavy atom. The summed E-state index contributed by atoms with van der Waals surface area (Å²) in [6, 6.07) is 11.7. The number of benzene rings is 2. The molecule has 11 heteroatoms. The summed E-state index contributed by atoms with van der Waals surface area (Å²) in [7, 11) is 0. The van der Waals surface area contributed by atoms with Gasteiger partial charge in [0.1, 0.15) is 11.9 Å². The van der Waals surface area contributed by atoms with Crippen LogP contribution in [0.3, 0.4) is 0 Å². The minimum absolute atomic E-state index is 0.0714. The van der Waals surface area contributed by atoms with Crippen molar-refractivity contribution in [1.29, 1.82) is 5.26 Å². The number of halogens is 4. The number of nitrogens with one attached hydrogen (secondary N) is 1. The molecule has 0 amide bonds. The van der Waals surface area contributed by atoms with Crippen molar-refractivity contribution in [3.05, 3.63) is 70.6 Å². The zero-order chi connectivity index (χ0) is 21.7. The van der Waals surface area contributed by atoms with E-state index in [4.69, 9.17) is 0 Å². The van der Waals surface area contributed by atoms with E-state index in [0.717, 1.165) is 23.5 Å². The minimum Gasteiger partial charge on any atom is -0.277 e. The van der Waals surface area contributed by atoms with Crippen molar-refractivity contribution >= 4 is 33.4 Å².